The van der Waals surface area contributed by atoms with E-state index in [1.54, 1.807) is 0 Å². The van der Waals surface area contributed by atoms with Gasteiger partial charge < -0.3 is 4.90 Å². The third-order valence-electron chi connectivity index (χ3n) is 12.2. The first-order valence-electron chi connectivity index (χ1n) is 21.4. The maximum absolute atomic E-state index is 5.18. The van der Waals surface area contributed by atoms with Crippen LogP contribution in [-0.4, -0.2) is 15.0 Å². The summed E-state index contributed by atoms with van der Waals surface area (Å²) in [4.78, 5) is 17.8. The van der Waals surface area contributed by atoms with Crippen molar-refractivity contribution >= 4 is 38.6 Å². The molecule has 4 heteroatoms. The number of hydrogen-bond donors (Lipinski definition) is 0. The lowest BCUT2D eigenvalue weighted by atomic mass is 9.85. The molecule has 0 radical (unpaired) electrons. The average molecular weight is 803 g/mol. The molecule has 0 spiro atoms. The fourth-order valence-corrected chi connectivity index (χ4v) is 9.23. The van der Waals surface area contributed by atoms with Crippen molar-refractivity contribution in [2.45, 2.75) is 0 Å². The fraction of sp³-hybridized carbons (Fsp3) is 0. The lowest BCUT2D eigenvalue weighted by molar-refractivity contribution is 1.07. The predicted molar refractivity (Wildman–Crippen MR) is 261 cm³/mol. The molecule has 11 aromatic rings. The van der Waals surface area contributed by atoms with Gasteiger partial charge >= 0.3 is 0 Å². The SMILES string of the molecule is c1ccc(-c2nc(-c3ccc(-c4ccc5ccccc5c4)cc3)nc(-c3cccc(-c4cccc5c4N(c4ccccc4)c4ccc(-c6ccccc6)c6cccc-5c46)c3)n2)cc1. The zero-order chi connectivity index (χ0) is 41.7. The Balaban J connectivity index is 0.993. The highest BCUT2D eigenvalue weighted by Gasteiger charge is 2.29. The van der Waals surface area contributed by atoms with Gasteiger partial charge in [0.1, 0.15) is 0 Å². The molecule has 294 valence electrons. The summed E-state index contributed by atoms with van der Waals surface area (Å²) in [5.41, 5.74) is 15.5. The van der Waals surface area contributed by atoms with Crippen LogP contribution < -0.4 is 4.90 Å². The van der Waals surface area contributed by atoms with Crippen molar-refractivity contribution in [3.8, 4) is 78.7 Å². The predicted octanol–water partition coefficient (Wildman–Crippen LogP) is 15.6. The molecule has 12 rings (SSSR count). The fourth-order valence-electron chi connectivity index (χ4n) is 9.23. The van der Waals surface area contributed by atoms with Crippen LogP contribution in [0.3, 0.4) is 0 Å². The second-order valence-electron chi connectivity index (χ2n) is 16.0. The highest BCUT2D eigenvalue weighted by Crippen LogP contribution is 2.55. The first-order valence-corrected chi connectivity index (χ1v) is 21.4. The summed E-state index contributed by atoms with van der Waals surface area (Å²) in [6, 6.07) is 81.8. The van der Waals surface area contributed by atoms with Gasteiger partial charge in [-0.15, -0.1) is 0 Å². The van der Waals surface area contributed by atoms with E-state index in [4.69, 9.17) is 15.0 Å². The molecule has 0 aliphatic carbocycles. The topological polar surface area (TPSA) is 41.9 Å². The summed E-state index contributed by atoms with van der Waals surface area (Å²) >= 11 is 0. The van der Waals surface area contributed by atoms with Gasteiger partial charge in [0.25, 0.3) is 0 Å². The maximum Gasteiger partial charge on any atom is 0.164 e. The molecular weight excluding hydrogens is 765 g/mol. The molecule has 1 aliphatic rings. The van der Waals surface area contributed by atoms with E-state index in [2.05, 4.69) is 217 Å². The normalized spacial score (nSPS) is 11.8. The zero-order valence-electron chi connectivity index (χ0n) is 34.2. The van der Waals surface area contributed by atoms with Crippen LogP contribution in [0.1, 0.15) is 0 Å². The summed E-state index contributed by atoms with van der Waals surface area (Å²) in [6.45, 7) is 0. The van der Waals surface area contributed by atoms with Gasteiger partial charge in [-0.25, -0.2) is 15.0 Å². The molecule has 0 bridgehead atoms. The second kappa shape index (κ2) is 15.2. The highest BCUT2D eigenvalue weighted by molar-refractivity contribution is 6.19. The molecule has 4 nitrogen and oxygen atoms in total. The minimum Gasteiger partial charge on any atom is -0.309 e. The minimum absolute atomic E-state index is 0.618. The Hall–Kier alpha value is -8.47. The number of hydrogen-bond acceptors (Lipinski definition) is 4. The number of fused-ring (bicyclic) bond motifs is 3. The van der Waals surface area contributed by atoms with E-state index in [1.165, 1.54) is 49.4 Å². The number of anilines is 3. The summed E-state index contributed by atoms with van der Waals surface area (Å²) in [6.07, 6.45) is 0. The molecule has 0 unspecified atom stereocenters. The van der Waals surface area contributed by atoms with Gasteiger partial charge in [-0.1, -0.05) is 200 Å². The summed E-state index contributed by atoms with van der Waals surface area (Å²) in [5, 5.41) is 4.93. The van der Waals surface area contributed by atoms with Crippen LogP contribution in [-0.2, 0) is 0 Å². The number of benzene rings is 10. The third kappa shape index (κ3) is 6.44. The van der Waals surface area contributed by atoms with E-state index < -0.39 is 0 Å². The van der Waals surface area contributed by atoms with Crippen molar-refractivity contribution in [1.29, 1.82) is 0 Å². The van der Waals surface area contributed by atoms with Crippen LogP contribution in [0.15, 0.2) is 231 Å². The van der Waals surface area contributed by atoms with E-state index in [1.807, 2.05) is 18.2 Å². The van der Waals surface area contributed by atoms with Crippen LogP contribution in [0.2, 0.25) is 0 Å². The summed E-state index contributed by atoms with van der Waals surface area (Å²) in [5.74, 6) is 1.88. The molecule has 1 aliphatic heterocycles. The molecule has 63 heavy (non-hydrogen) atoms. The van der Waals surface area contributed by atoms with Crippen LogP contribution >= 0.6 is 0 Å². The molecule has 0 saturated heterocycles. The Kier molecular flexibility index (Phi) is 8.79. The van der Waals surface area contributed by atoms with Crippen molar-refractivity contribution in [1.82, 2.24) is 15.0 Å². The maximum atomic E-state index is 5.18. The largest absolute Gasteiger partial charge is 0.309 e. The highest BCUT2D eigenvalue weighted by atomic mass is 15.2. The number of aromatic nitrogens is 3. The molecule has 1 aromatic heterocycles. The standard InChI is InChI=1S/C59H38N4/c1-4-16-41(17-5-1)49-35-36-54-55-51(49)26-14-27-52(55)53-28-13-25-50(56(53)63(54)48-23-8-3-9-24-48)46-21-12-22-47(38-46)59-61-57(42-18-6-2-7-19-42)60-58(62-59)43-32-29-40(30-33-43)45-34-31-39-15-10-11-20-44(39)37-45/h1-38H. The van der Waals surface area contributed by atoms with Crippen molar-refractivity contribution < 1.29 is 0 Å². The van der Waals surface area contributed by atoms with Gasteiger partial charge in [0.2, 0.25) is 0 Å². The van der Waals surface area contributed by atoms with Crippen molar-refractivity contribution in [3.63, 3.8) is 0 Å². The van der Waals surface area contributed by atoms with E-state index in [-0.39, 0.29) is 0 Å². The lowest BCUT2D eigenvalue weighted by Gasteiger charge is -2.35. The lowest BCUT2D eigenvalue weighted by Crippen LogP contribution is -2.16. The van der Waals surface area contributed by atoms with Crippen LogP contribution in [0.25, 0.3) is 100 Å². The van der Waals surface area contributed by atoms with E-state index >= 15 is 0 Å². The first-order chi connectivity index (χ1) is 31.2. The molecule has 0 fully saturated rings. The molecule has 2 heterocycles. The van der Waals surface area contributed by atoms with Crippen LogP contribution in [0.5, 0.6) is 0 Å². The number of rotatable bonds is 7. The van der Waals surface area contributed by atoms with Crippen molar-refractivity contribution in [3.05, 3.63) is 231 Å². The Morgan fingerprint density at radius 3 is 1.59 bits per heavy atom. The van der Waals surface area contributed by atoms with Gasteiger partial charge in [-0.2, -0.15) is 0 Å². The van der Waals surface area contributed by atoms with Crippen LogP contribution in [0, 0.1) is 0 Å². The van der Waals surface area contributed by atoms with Gasteiger partial charge in [-0.05, 0) is 79.9 Å². The van der Waals surface area contributed by atoms with Crippen molar-refractivity contribution in [2.24, 2.45) is 0 Å². The molecule has 0 atom stereocenters. The minimum atomic E-state index is 0.618. The van der Waals surface area contributed by atoms with Gasteiger partial charge in [-0.3, -0.25) is 0 Å². The number of para-hydroxylation sites is 2. The van der Waals surface area contributed by atoms with E-state index in [9.17, 15) is 0 Å². The van der Waals surface area contributed by atoms with E-state index in [0.717, 1.165) is 50.4 Å². The van der Waals surface area contributed by atoms with E-state index in [0.29, 0.717) is 17.5 Å². The molecule has 0 saturated carbocycles. The van der Waals surface area contributed by atoms with Crippen molar-refractivity contribution in [2.75, 3.05) is 4.90 Å². The van der Waals surface area contributed by atoms with Gasteiger partial charge in [0, 0.05) is 38.9 Å². The Labute approximate surface area is 366 Å². The Morgan fingerprint density at radius 2 is 0.825 bits per heavy atom. The first kappa shape index (κ1) is 36.4. The average Bonchev–Trinajstić information content (AvgIpc) is 3.37. The smallest absolute Gasteiger partial charge is 0.164 e. The quantitative estimate of drug-likeness (QED) is 0.161. The van der Waals surface area contributed by atoms with Crippen LogP contribution in [0.4, 0.5) is 17.1 Å². The summed E-state index contributed by atoms with van der Waals surface area (Å²) in [7, 11) is 0. The zero-order valence-corrected chi connectivity index (χ0v) is 34.2. The van der Waals surface area contributed by atoms with Gasteiger partial charge in [0.15, 0.2) is 17.5 Å². The number of nitrogens with zero attached hydrogens (tertiary/aromatic N) is 4. The Morgan fingerprint density at radius 1 is 0.286 bits per heavy atom. The molecular formula is C59H38N4. The summed E-state index contributed by atoms with van der Waals surface area (Å²) < 4.78 is 0. The molecule has 10 aromatic carbocycles. The second-order valence-corrected chi connectivity index (χ2v) is 16.0. The Bertz CT molecular complexity index is 3490. The molecule has 0 N–H and O–H groups in total. The van der Waals surface area contributed by atoms with Gasteiger partial charge in [0.05, 0.1) is 11.4 Å². The molecule has 0 amide bonds. The monoisotopic (exact) mass is 802 g/mol. The third-order valence-corrected chi connectivity index (χ3v) is 12.2.